The molecule has 2 unspecified atom stereocenters. The van der Waals surface area contributed by atoms with E-state index in [4.69, 9.17) is 27.1 Å². The number of thioether (sulfide) groups is 2. The molecule has 2 amide bonds. The molecule has 0 radical (unpaired) electrons. The molecule has 4 rings (SSSR count). The van der Waals surface area contributed by atoms with Crippen LogP contribution in [0, 0.1) is 5.41 Å². The lowest BCUT2D eigenvalue weighted by molar-refractivity contribution is -0.698. The Labute approximate surface area is 233 Å². The number of fused-ring (bicyclic) bond motifs is 1. The summed E-state index contributed by atoms with van der Waals surface area (Å²) in [7, 11) is 1.66. The first-order chi connectivity index (χ1) is 18.4. The van der Waals surface area contributed by atoms with Crippen molar-refractivity contribution in [3.8, 4) is 0 Å². The number of nitrogens with one attached hydrogen (secondary N) is 1. The van der Waals surface area contributed by atoms with Crippen LogP contribution in [0.5, 0.6) is 0 Å². The SMILES string of the molecule is C[n+]1c(N)cc(N)nc1SCC1(C(=O)[O-])CS[C@@H]2C(NC(=O)C(=NOCC(=O)O)c3csc(N)n3)C(=O)N2C1. The average Bonchev–Trinajstić information content (AvgIpc) is 3.31. The summed E-state index contributed by atoms with van der Waals surface area (Å²) in [5, 5.41) is 28.6. The lowest BCUT2D eigenvalue weighted by Gasteiger charge is -2.55. The van der Waals surface area contributed by atoms with Crippen LogP contribution in [0.3, 0.4) is 0 Å². The number of hydrogen-bond acceptors (Lipinski definition) is 15. The van der Waals surface area contributed by atoms with Gasteiger partial charge in [-0.2, -0.15) is 0 Å². The number of anilines is 3. The second-order valence-electron chi connectivity index (χ2n) is 8.60. The van der Waals surface area contributed by atoms with E-state index in [1.165, 1.54) is 28.1 Å². The van der Waals surface area contributed by atoms with Crippen molar-refractivity contribution < 1.29 is 38.8 Å². The van der Waals surface area contributed by atoms with Crippen molar-refractivity contribution in [2.24, 2.45) is 17.6 Å². The van der Waals surface area contributed by atoms with Crippen molar-refractivity contribution in [2.45, 2.75) is 16.6 Å². The highest BCUT2D eigenvalue weighted by Crippen LogP contribution is 2.43. The average molecular weight is 598 g/mol. The molecule has 2 aliphatic rings. The predicted octanol–water partition coefficient (Wildman–Crippen LogP) is -3.16. The molecule has 4 heterocycles. The number of aromatic nitrogens is 3. The molecule has 2 aromatic heterocycles. The van der Waals surface area contributed by atoms with Gasteiger partial charge in [-0.05, 0) is 0 Å². The van der Waals surface area contributed by atoms with Gasteiger partial charge < -0.3 is 47.3 Å². The number of carbonyl (C=O) groups excluding carboxylic acids is 3. The normalized spacial score (nSPS) is 22.5. The molecular formula is C20H23N9O7S3. The monoisotopic (exact) mass is 597 g/mol. The van der Waals surface area contributed by atoms with Crippen LogP contribution < -0.4 is 32.2 Å². The topological polar surface area (TPSA) is 256 Å². The van der Waals surface area contributed by atoms with Gasteiger partial charge in [0, 0.05) is 28.8 Å². The fourth-order valence-electron chi connectivity index (χ4n) is 3.77. The van der Waals surface area contributed by atoms with Gasteiger partial charge in [-0.1, -0.05) is 21.9 Å². The van der Waals surface area contributed by atoms with Crippen molar-refractivity contribution in [1.29, 1.82) is 0 Å². The van der Waals surface area contributed by atoms with E-state index in [9.17, 15) is 24.3 Å². The number of oxime groups is 1. The summed E-state index contributed by atoms with van der Waals surface area (Å²) in [5.41, 5.74) is 15.6. The van der Waals surface area contributed by atoms with E-state index in [-0.39, 0.29) is 40.4 Å². The third-order valence-electron chi connectivity index (χ3n) is 5.86. The summed E-state index contributed by atoms with van der Waals surface area (Å²) in [6.07, 6.45) is 0. The Morgan fingerprint density at radius 3 is 2.77 bits per heavy atom. The van der Waals surface area contributed by atoms with Crippen LogP contribution in [0.15, 0.2) is 21.8 Å². The molecule has 16 nitrogen and oxygen atoms in total. The van der Waals surface area contributed by atoms with Crippen molar-refractivity contribution >= 4 is 81.1 Å². The van der Waals surface area contributed by atoms with Gasteiger partial charge in [-0.3, -0.25) is 9.59 Å². The van der Waals surface area contributed by atoms with Gasteiger partial charge in [0.25, 0.3) is 5.91 Å². The first-order valence-corrected chi connectivity index (χ1v) is 14.0. The number of nitrogens with two attached hydrogens (primary N) is 3. The molecule has 2 saturated heterocycles. The van der Waals surface area contributed by atoms with Crippen molar-refractivity contribution in [2.75, 3.05) is 41.9 Å². The molecule has 0 aromatic carbocycles. The second kappa shape index (κ2) is 11.1. The highest BCUT2D eigenvalue weighted by molar-refractivity contribution is 8.00. The van der Waals surface area contributed by atoms with Gasteiger partial charge >= 0.3 is 11.1 Å². The molecule has 0 bridgehead atoms. The van der Waals surface area contributed by atoms with E-state index in [1.807, 2.05) is 0 Å². The number of carboxylic acid groups (broad SMARTS) is 2. The standard InChI is InChI=1S/C20H23N9O7S3/c1-28-10(22)2-9(21)25-19(28)39-7-20(17(34)35)5-29-15(33)13(16(29)38-6-20)26-14(32)12(27-36-3-11(30)31)8-4-37-18(23)24-8/h2,4,13,16H,3,5-7H2,1H3,(H8,21,22,23,24,26,30,31,32,34,35)/t13?,16-,20?/m1/s1. The van der Waals surface area contributed by atoms with Crippen molar-refractivity contribution in [3.63, 3.8) is 0 Å². The number of carbonyl (C=O) groups is 4. The van der Waals surface area contributed by atoms with Gasteiger partial charge in [0.15, 0.2) is 10.8 Å². The van der Waals surface area contributed by atoms with Crippen LogP contribution in [-0.4, -0.2) is 85.5 Å². The van der Waals surface area contributed by atoms with Crippen molar-refractivity contribution in [3.05, 3.63) is 17.1 Å². The second-order valence-corrected chi connectivity index (χ2v) is 11.5. The number of carboxylic acids is 2. The van der Waals surface area contributed by atoms with Gasteiger partial charge in [0.1, 0.15) is 17.1 Å². The number of nitrogen functional groups attached to an aromatic ring is 3. The molecule has 19 heteroatoms. The molecule has 39 heavy (non-hydrogen) atoms. The largest absolute Gasteiger partial charge is 0.549 e. The molecule has 0 saturated carbocycles. The van der Waals surface area contributed by atoms with E-state index in [2.05, 4.69) is 20.4 Å². The number of aliphatic carboxylic acids is 2. The Bertz CT molecular complexity index is 1370. The number of β-lactam (4-membered cyclic amide) rings is 1. The zero-order chi connectivity index (χ0) is 28.5. The van der Waals surface area contributed by atoms with Crippen molar-refractivity contribution in [1.82, 2.24) is 20.2 Å². The molecule has 2 fully saturated rings. The maximum absolute atomic E-state index is 13.0. The lowest BCUT2D eigenvalue weighted by atomic mass is 9.89. The molecule has 2 aliphatic heterocycles. The maximum atomic E-state index is 13.0. The minimum absolute atomic E-state index is 0.0303. The Morgan fingerprint density at radius 1 is 1.38 bits per heavy atom. The molecular weight excluding hydrogens is 574 g/mol. The number of nitrogens with zero attached hydrogens (tertiary/aromatic N) is 5. The first kappa shape index (κ1) is 28.2. The minimum atomic E-state index is -1.40. The Balaban J connectivity index is 1.45. The Kier molecular flexibility index (Phi) is 8.02. The summed E-state index contributed by atoms with van der Waals surface area (Å²) in [6.45, 7) is -0.942. The fourth-order valence-corrected chi connectivity index (χ4v) is 7.17. The zero-order valence-corrected chi connectivity index (χ0v) is 22.7. The third kappa shape index (κ3) is 5.78. The summed E-state index contributed by atoms with van der Waals surface area (Å²) >= 11 is 3.33. The van der Waals surface area contributed by atoms with Gasteiger partial charge in [0.05, 0.1) is 19.1 Å². The molecule has 208 valence electrons. The first-order valence-electron chi connectivity index (χ1n) is 11.0. The van der Waals surface area contributed by atoms with Crippen LogP contribution in [0.2, 0.25) is 0 Å². The van der Waals surface area contributed by atoms with Crippen LogP contribution in [0.4, 0.5) is 16.8 Å². The van der Waals surface area contributed by atoms with E-state index in [0.29, 0.717) is 11.0 Å². The quantitative estimate of drug-likeness (QED) is 0.0452. The molecule has 0 spiro atoms. The number of rotatable bonds is 10. The van der Waals surface area contributed by atoms with Crippen LogP contribution in [0.25, 0.3) is 0 Å². The van der Waals surface area contributed by atoms with E-state index in [0.717, 1.165) is 23.1 Å². The van der Waals surface area contributed by atoms with Crippen LogP contribution >= 0.6 is 34.9 Å². The van der Waals surface area contributed by atoms with E-state index in [1.54, 1.807) is 11.6 Å². The van der Waals surface area contributed by atoms with Gasteiger partial charge in [0.2, 0.25) is 24.1 Å². The third-order valence-corrected chi connectivity index (χ3v) is 9.44. The maximum Gasteiger partial charge on any atom is 0.344 e. The Hall–Kier alpha value is -3.84. The zero-order valence-electron chi connectivity index (χ0n) is 20.2. The molecule has 3 atom stereocenters. The van der Waals surface area contributed by atoms with E-state index < -0.39 is 47.2 Å². The smallest absolute Gasteiger partial charge is 0.344 e. The van der Waals surface area contributed by atoms with Crippen LogP contribution in [0.1, 0.15) is 5.69 Å². The number of thiazole rings is 1. The Morgan fingerprint density at radius 2 is 2.13 bits per heavy atom. The van der Waals surface area contributed by atoms with E-state index >= 15 is 0 Å². The molecule has 8 N–H and O–H groups in total. The highest BCUT2D eigenvalue weighted by atomic mass is 32.2. The predicted molar refractivity (Wildman–Crippen MR) is 139 cm³/mol. The lowest BCUT2D eigenvalue weighted by Crippen LogP contribution is -2.75. The fraction of sp³-hybridized carbons (Fsp3) is 0.400. The van der Waals surface area contributed by atoms with Gasteiger partial charge in [-0.25, -0.2) is 14.3 Å². The van der Waals surface area contributed by atoms with Crippen LogP contribution in [-0.2, 0) is 31.1 Å². The summed E-state index contributed by atoms with van der Waals surface area (Å²) in [5.74, 6) is -3.32. The summed E-state index contributed by atoms with van der Waals surface area (Å²) in [6, 6.07) is 0.494. The number of hydrogen-bond donors (Lipinski definition) is 5. The molecule has 0 aliphatic carbocycles. The van der Waals surface area contributed by atoms with Gasteiger partial charge in [-0.15, -0.1) is 23.1 Å². The highest BCUT2D eigenvalue weighted by Gasteiger charge is 2.56. The summed E-state index contributed by atoms with van der Waals surface area (Å²) in [4.78, 5) is 63.2. The minimum Gasteiger partial charge on any atom is -0.549 e. The number of amides is 2. The molecule has 2 aromatic rings. The summed E-state index contributed by atoms with van der Waals surface area (Å²) < 4.78 is 1.57.